The van der Waals surface area contributed by atoms with Crippen LogP contribution in [0.3, 0.4) is 0 Å². The normalized spacial score (nSPS) is 27.0. The van der Waals surface area contributed by atoms with Gasteiger partial charge in [0.25, 0.3) is 0 Å². The summed E-state index contributed by atoms with van der Waals surface area (Å²) in [4.78, 5) is 15.9. The molecule has 0 radical (unpaired) electrons. The van der Waals surface area contributed by atoms with Crippen molar-refractivity contribution in [2.24, 2.45) is 10.8 Å². The van der Waals surface area contributed by atoms with Crippen LogP contribution in [-0.2, 0) is 4.79 Å². The highest BCUT2D eigenvalue weighted by atomic mass is 32.2. The van der Waals surface area contributed by atoms with Crippen LogP contribution in [0.2, 0.25) is 0 Å². The predicted octanol–water partition coefficient (Wildman–Crippen LogP) is 3.24. The second kappa shape index (κ2) is 6.27. The minimum atomic E-state index is 0.182. The smallest absolute Gasteiger partial charge is 0.233 e. The lowest BCUT2D eigenvalue weighted by Crippen LogP contribution is -2.38. The maximum absolute atomic E-state index is 12.9. The summed E-state index contributed by atoms with van der Waals surface area (Å²) in [5.41, 5.74) is 0.569. The fourth-order valence-corrected chi connectivity index (χ4v) is 6.36. The molecule has 1 amide bonds. The van der Waals surface area contributed by atoms with Crippen molar-refractivity contribution >= 4 is 29.0 Å². The number of rotatable bonds is 4. The van der Waals surface area contributed by atoms with E-state index in [0.717, 1.165) is 24.3 Å². The second-order valence-corrected chi connectivity index (χ2v) is 10.6. The average molecular weight is 392 g/mol. The molecule has 2 aromatic rings. The summed E-state index contributed by atoms with van der Waals surface area (Å²) in [7, 11) is 0. The van der Waals surface area contributed by atoms with Gasteiger partial charge in [-0.25, -0.2) is 4.68 Å². The summed E-state index contributed by atoms with van der Waals surface area (Å²) in [6.07, 6.45) is 3.41. The van der Waals surface area contributed by atoms with Gasteiger partial charge >= 0.3 is 0 Å². The number of thiophene rings is 1. The molecule has 1 aliphatic heterocycles. The van der Waals surface area contributed by atoms with E-state index in [1.807, 2.05) is 17.5 Å². The molecule has 2 aliphatic rings. The quantitative estimate of drug-likeness (QED) is 0.639. The highest BCUT2D eigenvalue weighted by Gasteiger charge is 2.50. The molecule has 2 atom stereocenters. The number of hydrogen-bond acceptors (Lipinski definition) is 6. The van der Waals surface area contributed by atoms with Gasteiger partial charge < -0.3 is 10.7 Å². The van der Waals surface area contributed by atoms with E-state index in [4.69, 9.17) is 5.84 Å². The number of nitrogens with zero attached hydrogens (tertiary/aromatic N) is 4. The summed E-state index contributed by atoms with van der Waals surface area (Å²) in [6, 6.07) is 4.29. The van der Waals surface area contributed by atoms with Gasteiger partial charge in [-0.05, 0) is 41.5 Å². The van der Waals surface area contributed by atoms with Crippen LogP contribution in [0, 0.1) is 10.8 Å². The van der Waals surface area contributed by atoms with E-state index in [9.17, 15) is 4.79 Å². The first-order valence-corrected chi connectivity index (χ1v) is 10.8. The molecular weight excluding hydrogens is 366 g/mol. The molecular formula is C18H25N5OS2. The van der Waals surface area contributed by atoms with Crippen LogP contribution in [0.4, 0.5) is 0 Å². The third-order valence-corrected chi connectivity index (χ3v) is 7.26. The molecule has 2 N–H and O–H groups in total. The summed E-state index contributed by atoms with van der Waals surface area (Å²) < 4.78 is 1.48. The molecule has 8 heteroatoms. The number of likely N-dealkylation sites (tertiary alicyclic amines) is 1. The summed E-state index contributed by atoms with van der Waals surface area (Å²) in [5.74, 6) is 7.31. The standard InChI is InChI=1S/C18H25N5OS2/c1-17(2)7-12-8-18(3,10-17)11-22(12)14(24)9-26-16-21-20-15(23(16)19)13-5-4-6-25-13/h4-6,12H,7-11,19H2,1-3H3. The minimum Gasteiger partial charge on any atom is -0.338 e. The first kappa shape index (κ1) is 17.9. The van der Waals surface area contributed by atoms with Crippen molar-refractivity contribution in [1.29, 1.82) is 0 Å². The number of nitrogen functional groups attached to an aromatic ring is 1. The molecule has 1 aliphatic carbocycles. The van der Waals surface area contributed by atoms with Crippen molar-refractivity contribution in [3.05, 3.63) is 17.5 Å². The van der Waals surface area contributed by atoms with Gasteiger partial charge in [0.1, 0.15) is 0 Å². The topological polar surface area (TPSA) is 77.0 Å². The van der Waals surface area contributed by atoms with Crippen LogP contribution < -0.4 is 5.84 Å². The van der Waals surface area contributed by atoms with Gasteiger partial charge in [0.05, 0.1) is 10.6 Å². The van der Waals surface area contributed by atoms with Crippen molar-refractivity contribution < 1.29 is 4.79 Å². The Hall–Kier alpha value is -1.54. The largest absolute Gasteiger partial charge is 0.338 e. The summed E-state index contributed by atoms with van der Waals surface area (Å²) in [5, 5.41) is 10.9. The predicted molar refractivity (Wildman–Crippen MR) is 105 cm³/mol. The van der Waals surface area contributed by atoms with Gasteiger partial charge in [-0.15, -0.1) is 21.5 Å². The summed E-state index contributed by atoms with van der Waals surface area (Å²) in [6.45, 7) is 7.84. The van der Waals surface area contributed by atoms with E-state index in [2.05, 4.69) is 35.9 Å². The zero-order valence-corrected chi connectivity index (χ0v) is 17.1. The zero-order chi connectivity index (χ0) is 18.5. The minimum absolute atomic E-state index is 0.182. The van der Waals surface area contributed by atoms with Gasteiger partial charge in [0.2, 0.25) is 11.1 Å². The number of nitrogens with two attached hydrogens (primary N) is 1. The third-order valence-electron chi connectivity index (χ3n) is 5.47. The van der Waals surface area contributed by atoms with E-state index in [-0.39, 0.29) is 11.3 Å². The van der Waals surface area contributed by atoms with E-state index < -0.39 is 0 Å². The van der Waals surface area contributed by atoms with Gasteiger partial charge in [-0.3, -0.25) is 4.79 Å². The van der Waals surface area contributed by atoms with E-state index in [1.165, 1.54) is 22.9 Å². The lowest BCUT2D eigenvalue weighted by molar-refractivity contribution is -0.129. The SMILES string of the molecule is CC1(C)CC2CC(C)(CN2C(=O)CSc2nnc(-c3cccs3)n2N)C1. The lowest BCUT2D eigenvalue weighted by atomic mass is 9.65. The van der Waals surface area contributed by atoms with Crippen molar-refractivity contribution in [3.63, 3.8) is 0 Å². The maximum Gasteiger partial charge on any atom is 0.233 e. The van der Waals surface area contributed by atoms with Crippen molar-refractivity contribution in [2.75, 3.05) is 18.1 Å². The molecule has 3 heterocycles. The number of hydrogen-bond donors (Lipinski definition) is 1. The Morgan fingerprint density at radius 1 is 1.38 bits per heavy atom. The Balaban J connectivity index is 1.42. The van der Waals surface area contributed by atoms with Crippen LogP contribution in [0.1, 0.15) is 40.0 Å². The molecule has 140 valence electrons. The van der Waals surface area contributed by atoms with Crippen molar-refractivity contribution in [1.82, 2.24) is 19.8 Å². The average Bonchev–Trinajstić information content (AvgIpc) is 3.23. The molecule has 1 saturated heterocycles. The van der Waals surface area contributed by atoms with Gasteiger partial charge in [-0.2, -0.15) is 0 Å². The Morgan fingerprint density at radius 3 is 2.92 bits per heavy atom. The molecule has 2 aromatic heterocycles. The number of aromatic nitrogens is 3. The molecule has 2 bridgehead atoms. The Bertz CT molecular complexity index is 816. The van der Waals surface area contributed by atoms with Gasteiger partial charge in [0, 0.05) is 12.6 Å². The lowest BCUT2D eigenvalue weighted by Gasteiger charge is -2.39. The van der Waals surface area contributed by atoms with Crippen LogP contribution in [0.15, 0.2) is 22.7 Å². The van der Waals surface area contributed by atoms with E-state index >= 15 is 0 Å². The number of thioether (sulfide) groups is 1. The van der Waals surface area contributed by atoms with Crippen molar-refractivity contribution in [2.45, 2.75) is 51.2 Å². The maximum atomic E-state index is 12.9. The van der Waals surface area contributed by atoms with Crippen LogP contribution >= 0.6 is 23.1 Å². The van der Waals surface area contributed by atoms with E-state index in [1.54, 1.807) is 11.3 Å². The third kappa shape index (κ3) is 3.24. The zero-order valence-electron chi connectivity index (χ0n) is 15.4. The molecule has 2 fully saturated rings. The van der Waals surface area contributed by atoms with Gasteiger partial charge in [-0.1, -0.05) is 38.6 Å². The highest BCUT2D eigenvalue weighted by Crippen LogP contribution is 2.52. The molecule has 26 heavy (non-hydrogen) atoms. The fraction of sp³-hybridized carbons (Fsp3) is 0.611. The molecule has 6 nitrogen and oxygen atoms in total. The molecule has 1 saturated carbocycles. The monoisotopic (exact) mass is 391 g/mol. The summed E-state index contributed by atoms with van der Waals surface area (Å²) >= 11 is 2.94. The van der Waals surface area contributed by atoms with Crippen LogP contribution in [-0.4, -0.2) is 44.0 Å². The number of carbonyl (C=O) groups excluding carboxylic acids is 1. The Morgan fingerprint density at radius 2 is 2.19 bits per heavy atom. The fourth-order valence-electron chi connectivity index (χ4n) is 4.91. The van der Waals surface area contributed by atoms with Gasteiger partial charge in [0.15, 0.2) is 5.82 Å². The molecule has 4 rings (SSSR count). The van der Waals surface area contributed by atoms with Crippen LogP contribution in [0.5, 0.6) is 0 Å². The van der Waals surface area contributed by atoms with Crippen LogP contribution in [0.25, 0.3) is 10.7 Å². The molecule has 0 aromatic carbocycles. The second-order valence-electron chi connectivity index (χ2n) is 8.68. The van der Waals surface area contributed by atoms with E-state index in [0.29, 0.717) is 28.2 Å². The molecule has 0 spiro atoms. The number of carbonyl (C=O) groups is 1. The highest BCUT2D eigenvalue weighted by molar-refractivity contribution is 7.99. The Kier molecular flexibility index (Phi) is 4.30. The first-order valence-electron chi connectivity index (χ1n) is 8.93. The molecule has 2 unspecified atom stereocenters. The van der Waals surface area contributed by atoms with Crippen molar-refractivity contribution in [3.8, 4) is 10.7 Å². The number of fused-ring (bicyclic) bond motifs is 2. The Labute approximate surface area is 162 Å². The first-order chi connectivity index (χ1) is 12.3. The number of amides is 1.